The maximum atomic E-state index is 13.6. The summed E-state index contributed by atoms with van der Waals surface area (Å²) in [5, 5.41) is 0. The van der Waals surface area contributed by atoms with Gasteiger partial charge in [0, 0.05) is 13.5 Å². The molecule has 0 N–H and O–H groups in total. The van der Waals surface area contributed by atoms with Crippen molar-refractivity contribution < 1.29 is 23.9 Å². The van der Waals surface area contributed by atoms with Gasteiger partial charge in [0.25, 0.3) is 0 Å². The van der Waals surface area contributed by atoms with E-state index in [2.05, 4.69) is 0 Å². The number of piperidine rings is 1. The minimum absolute atomic E-state index is 0.151. The van der Waals surface area contributed by atoms with Gasteiger partial charge in [0.15, 0.2) is 0 Å². The first-order valence-corrected chi connectivity index (χ1v) is 11.3. The summed E-state index contributed by atoms with van der Waals surface area (Å²) in [7, 11) is 0. The Bertz CT molecular complexity index is 1070. The Morgan fingerprint density at radius 2 is 1.52 bits per heavy atom. The van der Waals surface area contributed by atoms with E-state index < -0.39 is 35.4 Å². The van der Waals surface area contributed by atoms with E-state index >= 15 is 0 Å². The quantitative estimate of drug-likeness (QED) is 0.635. The van der Waals surface area contributed by atoms with Crippen LogP contribution in [0.1, 0.15) is 31.9 Å². The number of hydrogen-bond donors (Lipinski definition) is 0. The Morgan fingerprint density at radius 3 is 2.09 bits per heavy atom. The molecular formula is C26H28N2O5. The van der Waals surface area contributed by atoms with E-state index in [1.54, 1.807) is 18.7 Å². The molecule has 7 heteroatoms. The zero-order valence-corrected chi connectivity index (χ0v) is 19.1. The van der Waals surface area contributed by atoms with Crippen molar-refractivity contribution in [2.75, 3.05) is 19.8 Å². The lowest BCUT2D eigenvalue weighted by Gasteiger charge is -2.58. The molecule has 4 atom stereocenters. The van der Waals surface area contributed by atoms with Gasteiger partial charge in [0.1, 0.15) is 11.5 Å². The summed E-state index contributed by atoms with van der Waals surface area (Å²) in [6.07, 6.45) is 0. The lowest BCUT2D eigenvalue weighted by molar-refractivity contribution is -0.176. The number of carbonyl (C=O) groups excluding carboxylic acids is 3. The van der Waals surface area contributed by atoms with Crippen molar-refractivity contribution >= 4 is 23.6 Å². The zero-order valence-electron chi connectivity index (χ0n) is 19.1. The molecule has 7 nitrogen and oxygen atoms in total. The third kappa shape index (κ3) is 3.61. The fraction of sp³-hybridized carbons (Fsp3) is 0.385. The molecule has 3 heterocycles. The molecule has 0 aliphatic carbocycles. The van der Waals surface area contributed by atoms with Gasteiger partial charge < -0.3 is 14.4 Å². The summed E-state index contributed by atoms with van der Waals surface area (Å²) in [4.78, 5) is 46.6. The smallest absolute Gasteiger partial charge is 0.313 e. The number of aliphatic imine (C=N–C) groups is 1. The number of esters is 2. The first kappa shape index (κ1) is 22.7. The summed E-state index contributed by atoms with van der Waals surface area (Å²) in [5.41, 5.74) is 0.758. The van der Waals surface area contributed by atoms with Gasteiger partial charge in [-0.15, -0.1) is 0 Å². The van der Waals surface area contributed by atoms with Crippen molar-refractivity contribution in [3.63, 3.8) is 0 Å². The minimum atomic E-state index is -1.31. The summed E-state index contributed by atoms with van der Waals surface area (Å²) < 4.78 is 10.9. The van der Waals surface area contributed by atoms with Crippen molar-refractivity contribution in [3.8, 4) is 0 Å². The summed E-state index contributed by atoms with van der Waals surface area (Å²) >= 11 is 0. The third-order valence-corrected chi connectivity index (χ3v) is 6.42. The number of rotatable bonds is 6. The Balaban J connectivity index is 2.07. The molecule has 1 amide bonds. The van der Waals surface area contributed by atoms with E-state index in [4.69, 9.17) is 14.5 Å². The van der Waals surface area contributed by atoms with Gasteiger partial charge in [-0.1, -0.05) is 60.7 Å². The summed E-state index contributed by atoms with van der Waals surface area (Å²) in [6.45, 7) is 5.48. The highest BCUT2D eigenvalue weighted by Crippen LogP contribution is 2.52. The largest absolute Gasteiger partial charge is 0.466 e. The van der Waals surface area contributed by atoms with Crippen LogP contribution >= 0.6 is 0 Å². The zero-order chi connectivity index (χ0) is 23.6. The fourth-order valence-corrected chi connectivity index (χ4v) is 5.27. The highest BCUT2D eigenvalue weighted by atomic mass is 16.5. The van der Waals surface area contributed by atoms with Gasteiger partial charge >= 0.3 is 11.9 Å². The van der Waals surface area contributed by atoms with Crippen molar-refractivity contribution in [1.82, 2.24) is 4.90 Å². The normalized spacial score (nSPS) is 25.8. The van der Waals surface area contributed by atoms with Gasteiger partial charge in [-0.05, 0) is 25.0 Å². The predicted molar refractivity (Wildman–Crippen MR) is 123 cm³/mol. The molecule has 3 aliphatic heterocycles. The van der Waals surface area contributed by atoms with E-state index in [9.17, 15) is 14.4 Å². The van der Waals surface area contributed by atoms with Crippen molar-refractivity contribution in [2.45, 2.75) is 32.4 Å². The van der Waals surface area contributed by atoms with Crippen LogP contribution in [0, 0.1) is 11.8 Å². The van der Waals surface area contributed by atoms with Crippen molar-refractivity contribution in [1.29, 1.82) is 0 Å². The topological polar surface area (TPSA) is 85.3 Å². The number of ether oxygens (including phenoxy) is 2. The van der Waals surface area contributed by atoms with Crippen LogP contribution in [-0.4, -0.2) is 54.3 Å². The van der Waals surface area contributed by atoms with Crippen LogP contribution in [0.15, 0.2) is 65.7 Å². The molecule has 0 aromatic heterocycles. The second-order valence-electron chi connectivity index (χ2n) is 8.18. The number of amides is 1. The van der Waals surface area contributed by atoms with Crippen LogP contribution in [0.2, 0.25) is 0 Å². The Morgan fingerprint density at radius 1 is 0.939 bits per heavy atom. The standard InChI is InChI=1S/C26H28N2O5/c1-4-32-24(30)21-20-16-28(17(3)29)26(19-14-10-7-11-15-19,22(21)25(31)33-5-2)23(27-20)18-12-8-6-9-13-18/h6-15,20-22H,4-5,16H2,1-3H3. The molecule has 1 saturated heterocycles. The molecule has 0 saturated carbocycles. The summed E-state index contributed by atoms with van der Waals surface area (Å²) in [5.74, 6) is -3.12. The first-order chi connectivity index (χ1) is 16.0. The number of carbonyl (C=O) groups is 3. The molecule has 4 unspecified atom stereocenters. The third-order valence-electron chi connectivity index (χ3n) is 6.42. The molecule has 33 heavy (non-hydrogen) atoms. The van der Waals surface area contributed by atoms with Gasteiger partial charge in [0.05, 0.1) is 30.9 Å². The predicted octanol–water partition coefficient (Wildman–Crippen LogP) is 2.97. The van der Waals surface area contributed by atoms with Crippen LogP contribution in [0.3, 0.4) is 0 Å². The Hall–Kier alpha value is -3.48. The SMILES string of the molecule is CCOC(=O)C1C2CN(C(C)=O)C(c3ccccc3)(C(c3ccccc3)=N2)C1C(=O)OCC. The van der Waals surface area contributed by atoms with Gasteiger partial charge in [-0.25, -0.2) is 0 Å². The van der Waals surface area contributed by atoms with Crippen LogP contribution in [0.4, 0.5) is 0 Å². The second kappa shape index (κ2) is 9.17. The van der Waals surface area contributed by atoms with E-state index in [1.165, 1.54) is 6.92 Å². The second-order valence-corrected chi connectivity index (χ2v) is 8.18. The Labute approximate surface area is 193 Å². The molecule has 5 rings (SSSR count). The summed E-state index contributed by atoms with van der Waals surface area (Å²) in [6, 6.07) is 18.2. The van der Waals surface area contributed by atoms with E-state index in [-0.39, 0.29) is 25.7 Å². The van der Waals surface area contributed by atoms with E-state index in [1.807, 2.05) is 60.7 Å². The number of fused-ring (bicyclic) bond motifs is 2. The number of hydrogen-bond acceptors (Lipinski definition) is 6. The van der Waals surface area contributed by atoms with Gasteiger partial charge in [-0.2, -0.15) is 0 Å². The van der Waals surface area contributed by atoms with E-state index in [0.717, 1.165) is 5.56 Å². The number of benzene rings is 2. The van der Waals surface area contributed by atoms with Gasteiger partial charge in [0.2, 0.25) is 5.91 Å². The molecule has 2 aromatic carbocycles. The molecule has 2 aromatic rings. The molecule has 1 fully saturated rings. The average molecular weight is 449 g/mol. The number of nitrogens with zero attached hydrogens (tertiary/aromatic N) is 2. The molecule has 3 aliphatic rings. The highest BCUT2D eigenvalue weighted by molar-refractivity contribution is 6.13. The van der Waals surface area contributed by atoms with Gasteiger partial charge in [-0.3, -0.25) is 19.4 Å². The van der Waals surface area contributed by atoms with Crippen LogP contribution in [-0.2, 0) is 29.4 Å². The molecule has 2 bridgehead atoms. The Kier molecular flexibility index (Phi) is 6.31. The lowest BCUT2D eigenvalue weighted by Crippen LogP contribution is -2.73. The molecule has 0 radical (unpaired) electrons. The monoisotopic (exact) mass is 448 g/mol. The van der Waals surface area contributed by atoms with Crippen LogP contribution < -0.4 is 0 Å². The van der Waals surface area contributed by atoms with Crippen molar-refractivity contribution in [3.05, 3.63) is 71.8 Å². The lowest BCUT2D eigenvalue weighted by atomic mass is 9.59. The molecule has 172 valence electrons. The fourth-order valence-electron chi connectivity index (χ4n) is 5.27. The first-order valence-electron chi connectivity index (χ1n) is 11.3. The molecular weight excluding hydrogens is 420 g/mol. The average Bonchev–Trinajstić information content (AvgIpc) is 2.84. The maximum absolute atomic E-state index is 13.6. The van der Waals surface area contributed by atoms with E-state index in [0.29, 0.717) is 11.3 Å². The van der Waals surface area contributed by atoms with Crippen LogP contribution in [0.25, 0.3) is 0 Å². The highest BCUT2D eigenvalue weighted by Gasteiger charge is 2.67. The minimum Gasteiger partial charge on any atom is -0.466 e. The van der Waals surface area contributed by atoms with Crippen molar-refractivity contribution in [2.24, 2.45) is 16.8 Å². The van der Waals surface area contributed by atoms with Crippen LogP contribution in [0.5, 0.6) is 0 Å². The molecule has 0 spiro atoms. The maximum Gasteiger partial charge on any atom is 0.313 e.